The van der Waals surface area contributed by atoms with Gasteiger partial charge in [0.05, 0.1) is 11.4 Å². The Hall–Kier alpha value is -1.00. The number of rotatable bonds is 2. The van der Waals surface area contributed by atoms with E-state index >= 15 is 0 Å². The Morgan fingerprint density at radius 3 is 2.44 bits per heavy atom. The van der Waals surface area contributed by atoms with E-state index in [-0.39, 0.29) is 0 Å². The molecule has 2 aromatic rings. The molecule has 4 heteroatoms. The summed E-state index contributed by atoms with van der Waals surface area (Å²) in [6.07, 6.45) is 0. The van der Waals surface area contributed by atoms with Gasteiger partial charge in [-0.05, 0) is 43.3 Å². The molecule has 1 aromatic heterocycles. The number of pyridine rings is 1. The Balaban J connectivity index is 2.20. The number of nitrogen functional groups attached to an aromatic ring is 1. The van der Waals surface area contributed by atoms with Gasteiger partial charge in [-0.2, -0.15) is 0 Å². The van der Waals surface area contributed by atoms with Gasteiger partial charge >= 0.3 is 0 Å². The summed E-state index contributed by atoms with van der Waals surface area (Å²) in [5, 5.41) is 0.967. The fourth-order valence-electron chi connectivity index (χ4n) is 1.23. The molecule has 0 fully saturated rings. The standard InChI is InChI=1S/C12H11BrN2S/c1-8-11(14)6-7-12(15-8)16-10-4-2-9(13)3-5-10/h2-7H,14H2,1H3. The first-order chi connectivity index (χ1) is 7.65. The zero-order valence-corrected chi connectivity index (χ0v) is 11.2. The molecule has 2 nitrogen and oxygen atoms in total. The number of nitrogens with two attached hydrogens (primary N) is 1. The molecule has 1 heterocycles. The summed E-state index contributed by atoms with van der Waals surface area (Å²) in [6, 6.07) is 12.0. The minimum Gasteiger partial charge on any atom is -0.397 e. The Bertz CT molecular complexity index is 497. The zero-order valence-electron chi connectivity index (χ0n) is 8.77. The van der Waals surface area contributed by atoms with E-state index in [1.54, 1.807) is 11.8 Å². The molecular weight excluding hydrogens is 284 g/mol. The minimum absolute atomic E-state index is 0.736. The van der Waals surface area contributed by atoms with Crippen molar-refractivity contribution in [3.8, 4) is 0 Å². The Morgan fingerprint density at radius 2 is 1.81 bits per heavy atom. The quantitative estimate of drug-likeness (QED) is 0.913. The molecule has 0 spiro atoms. The van der Waals surface area contributed by atoms with Crippen LogP contribution in [-0.2, 0) is 0 Å². The summed E-state index contributed by atoms with van der Waals surface area (Å²) in [6.45, 7) is 1.92. The van der Waals surface area contributed by atoms with Gasteiger partial charge in [0.15, 0.2) is 0 Å². The first-order valence-corrected chi connectivity index (χ1v) is 6.42. The van der Waals surface area contributed by atoms with Crippen LogP contribution < -0.4 is 5.73 Å². The average molecular weight is 295 g/mol. The highest BCUT2D eigenvalue weighted by Gasteiger charge is 2.01. The van der Waals surface area contributed by atoms with Crippen LogP contribution in [0.1, 0.15) is 5.69 Å². The lowest BCUT2D eigenvalue weighted by atomic mass is 10.3. The van der Waals surface area contributed by atoms with Crippen molar-refractivity contribution in [2.75, 3.05) is 5.73 Å². The third-order valence-corrected chi connectivity index (χ3v) is 3.61. The van der Waals surface area contributed by atoms with E-state index in [0.29, 0.717) is 0 Å². The van der Waals surface area contributed by atoms with Gasteiger partial charge in [0.25, 0.3) is 0 Å². The first kappa shape index (κ1) is 11.5. The van der Waals surface area contributed by atoms with E-state index in [0.717, 1.165) is 20.9 Å². The third kappa shape index (κ3) is 2.77. The molecular formula is C12H11BrN2S. The molecule has 0 amide bonds. The third-order valence-electron chi connectivity index (χ3n) is 2.14. The number of aryl methyl sites for hydroxylation is 1. The maximum Gasteiger partial charge on any atom is 0.101 e. The molecule has 1 aromatic carbocycles. The van der Waals surface area contributed by atoms with Gasteiger partial charge in [0, 0.05) is 9.37 Å². The molecule has 16 heavy (non-hydrogen) atoms. The molecule has 0 atom stereocenters. The summed E-state index contributed by atoms with van der Waals surface area (Å²) in [5.74, 6) is 0. The molecule has 0 saturated heterocycles. The molecule has 2 N–H and O–H groups in total. The van der Waals surface area contributed by atoms with Crippen LogP contribution in [0.3, 0.4) is 0 Å². The Kier molecular flexibility index (Phi) is 3.51. The van der Waals surface area contributed by atoms with Crippen LogP contribution in [0.25, 0.3) is 0 Å². The number of anilines is 1. The lowest BCUT2D eigenvalue weighted by Crippen LogP contribution is -1.93. The maximum absolute atomic E-state index is 5.72. The second-order valence-electron chi connectivity index (χ2n) is 3.38. The van der Waals surface area contributed by atoms with Gasteiger partial charge in [-0.15, -0.1) is 0 Å². The summed E-state index contributed by atoms with van der Waals surface area (Å²) in [5.41, 5.74) is 7.34. The van der Waals surface area contributed by atoms with Gasteiger partial charge in [-0.3, -0.25) is 0 Å². The highest BCUT2D eigenvalue weighted by Crippen LogP contribution is 2.28. The van der Waals surface area contributed by atoms with Gasteiger partial charge in [0.1, 0.15) is 5.03 Å². The molecule has 0 radical (unpaired) electrons. The van der Waals surface area contributed by atoms with Crippen molar-refractivity contribution in [2.45, 2.75) is 16.8 Å². The lowest BCUT2D eigenvalue weighted by molar-refractivity contribution is 1.07. The highest BCUT2D eigenvalue weighted by molar-refractivity contribution is 9.10. The smallest absolute Gasteiger partial charge is 0.101 e. The second-order valence-corrected chi connectivity index (χ2v) is 5.39. The molecule has 0 aliphatic carbocycles. The van der Waals surface area contributed by atoms with E-state index in [1.165, 1.54) is 4.90 Å². The van der Waals surface area contributed by atoms with Crippen LogP contribution in [0.5, 0.6) is 0 Å². The topological polar surface area (TPSA) is 38.9 Å². The van der Waals surface area contributed by atoms with Crippen LogP contribution in [0.4, 0.5) is 5.69 Å². The van der Waals surface area contributed by atoms with Crippen molar-refractivity contribution in [3.63, 3.8) is 0 Å². The fourth-order valence-corrected chi connectivity index (χ4v) is 2.33. The molecule has 0 aliphatic heterocycles. The predicted molar refractivity (Wildman–Crippen MR) is 71.7 cm³/mol. The number of hydrogen-bond acceptors (Lipinski definition) is 3. The van der Waals surface area contributed by atoms with Crippen LogP contribution >= 0.6 is 27.7 Å². The van der Waals surface area contributed by atoms with Crippen molar-refractivity contribution >= 4 is 33.4 Å². The highest BCUT2D eigenvalue weighted by atomic mass is 79.9. The first-order valence-electron chi connectivity index (χ1n) is 4.82. The predicted octanol–water partition coefficient (Wildman–Crippen LogP) is 3.89. The van der Waals surface area contributed by atoms with Gasteiger partial charge in [-0.1, -0.05) is 27.7 Å². The maximum atomic E-state index is 5.72. The van der Waals surface area contributed by atoms with Gasteiger partial charge < -0.3 is 5.73 Å². The average Bonchev–Trinajstić information content (AvgIpc) is 2.27. The second kappa shape index (κ2) is 4.89. The van der Waals surface area contributed by atoms with E-state index in [4.69, 9.17) is 5.73 Å². The van der Waals surface area contributed by atoms with Crippen LogP contribution in [0, 0.1) is 6.92 Å². The minimum atomic E-state index is 0.736. The van der Waals surface area contributed by atoms with Crippen molar-refractivity contribution in [3.05, 3.63) is 46.6 Å². The summed E-state index contributed by atoms with van der Waals surface area (Å²) in [7, 11) is 0. The Morgan fingerprint density at radius 1 is 1.12 bits per heavy atom. The largest absolute Gasteiger partial charge is 0.397 e. The number of halogens is 1. The van der Waals surface area contributed by atoms with E-state index < -0.39 is 0 Å². The number of nitrogens with zero attached hydrogens (tertiary/aromatic N) is 1. The molecule has 0 saturated carbocycles. The van der Waals surface area contributed by atoms with Gasteiger partial charge in [0.2, 0.25) is 0 Å². The van der Waals surface area contributed by atoms with Crippen molar-refractivity contribution in [1.29, 1.82) is 0 Å². The normalized spacial score (nSPS) is 10.4. The summed E-state index contributed by atoms with van der Waals surface area (Å²) < 4.78 is 1.08. The van der Waals surface area contributed by atoms with E-state index in [9.17, 15) is 0 Å². The van der Waals surface area contributed by atoms with Gasteiger partial charge in [-0.25, -0.2) is 4.98 Å². The molecule has 0 bridgehead atoms. The zero-order chi connectivity index (χ0) is 11.5. The summed E-state index contributed by atoms with van der Waals surface area (Å²) in [4.78, 5) is 5.58. The number of benzene rings is 1. The summed E-state index contributed by atoms with van der Waals surface area (Å²) >= 11 is 5.04. The SMILES string of the molecule is Cc1nc(Sc2ccc(Br)cc2)ccc1N. The van der Waals surface area contributed by atoms with E-state index in [2.05, 4.69) is 33.0 Å². The van der Waals surface area contributed by atoms with Crippen molar-refractivity contribution < 1.29 is 0 Å². The lowest BCUT2D eigenvalue weighted by Gasteiger charge is -2.04. The Labute approximate surface area is 107 Å². The van der Waals surface area contributed by atoms with Crippen molar-refractivity contribution in [1.82, 2.24) is 4.98 Å². The van der Waals surface area contributed by atoms with Crippen LogP contribution in [-0.4, -0.2) is 4.98 Å². The van der Waals surface area contributed by atoms with Crippen LogP contribution in [0.15, 0.2) is 50.8 Å². The number of aromatic nitrogens is 1. The molecule has 0 unspecified atom stereocenters. The fraction of sp³-hybridized carbons (Fsp3) is 0.0833. The van der Waals surface area contributed by atoms with Crippen molar-refractivity contribution in [2.24, 2.45) is 0 Å². The molecule has 2 rings (SSSR count). The van der Waals surface area contributed by atoms with Crippen LogP contribution in [0.2, 0.25) is 0 Å². The van der Waals surface area contributed by atoms with E-state index in [1.807, 2.05) is 31.2 Å². The monoisotopic (exact) mass is 294 g/mol. The molecule has 0 aliphatic rings. The molecule has 82 valence electrons. The number of hydrogen-bond donors (Lipinski definition) is 1.